The van der Waals surface area contributed by atoms with E-state index >= 15 is 0 Å². The highest BCUT2D eigenvalue weighted by molar-refractivity contribution is 5.78. The van der Waals surface area contributed by atoms with Crippen molar-refractivity contribution in [3.8, 4) is 0 Å². The maximum atomic E-state index is 12.0. The van der Waals surface area contributed by atoms with Gasteiger partial charge in [0.1, 0.15) is 0 Å². The fourth-order valence-electron chi connectivity index (χ4n) is 2.69. The zero-order valence-corrected chi connectivity index (χ0v) is 12.8. The average Bonchev–Trinajstić information content (AvgIpc) is 2.34. The van der Waals surface area contributed by atoms with E-state index in [4.69, 9.17) is 5.73 Å². The molecule has 3 N–H and O–H groups in total. The van der Waals surface area contributed by atoms with Crippen molar-refractivity contribution in [2.75, 3.05) is 19.6 Å². The summed E-state index contributed by atoms with van der Waals surface area (Å²) in [4.78, 5) is 14.2. The van der Waals surface area contributed by atoms with E-state index in [1.54, 1.807) is 0 Å². The van der Waals surface area contributed by atoms with Gasteiger partial charge in [-0.3, -0.25) is 9.69 Å². The first-order chi connectivity index (χ1) is 9.02. The van der Waals surface area contributed by atoms with Gasteiger partial charge in [0.15, 0.2) is 0 Å². The summed E-state index contributed by atoms with van der Waals surface area (Å²) in [7, 11) is 0. The summed E-state index contributed by atoms with van der Waals surface area (Å²) in [6.45, 7) is 8.88. The topological polar surface area (TPSA) is 58.4 Å². The highest BCUT2D eigenvalue weighted by Gasteiger charge is 2.24. The van der Waals surface area contributed by atoms with Crippen molar-refractivity contribution in [2.45, 2.75) is 65.0 Å². The fraction of sp³-hybridized carbons (Fsp3) is 0.933. The van der Waals surface area contributed by atoms with Crippen molar-refractivity contribution in [2.24, 2.45) is 11.7 Å². The van der Waals surface area contributed by atoms with E-state index in [0.717, 1.165) is 25.9 Å². The standard InChI is InChI=1S/C15H31N3O/c1-4-5-6-7-13(3)17-15(19)11-18-9-8-14(16)12(2)10-18/h12-14H,4-11,16H2,1-3H3,(H,17,19). The Labute approximate surface area is 118 Å². The quantitative estimate of drug-likeness (QED) is 0.692. The van der Waals surface area contributed by atoms with Crippen LogP contribution in [-0.2, 0) is 4.79 Å². The van der Waals surface area contributed by atoms with Crippen LogP contribution in [0.25, 0.3) is 0 Å². The lowest BCUT2D eigenvalue weighted by Crippen LogP contribution is -2.49. The van der Waals surface area contributed by atoms with Crippen LogP contribution in [0, 0.1) is 5.92 Å². The first-order valence-electron chi connectivity index (χ1n) is 7.80. The number of nitrogens with two attached hydrogens (primary N) is 1. The highest BCUT2D eigenvalue weighted by Crippen LogP contribution is 2.14. The number of likely N-dealkylation sites (tertiary alicyclic amines) is 1. The molecule has 1 fully saturated rings. The third-order valence-electron chi connectivity index (χ3n) is 4.07. The van der Waals surface area contributed by atoms with Crippen LogP contribution in [0.1, 0.15) is 52.9 Å². The summed E-state index contributed by atoms with van der Waals surface area (Å²) >= 11 is 0. The Morgan fingerprint density at radius 3 is 2.84 bits per heavy atom. The number of rotatable bonds is 7. The van der Waals surface area contributed by atoms with E-state index in [9.17, 15) is 4.79 Å². The van der Waals surface area contributed by atoms with Crippen LogP contribution in [-0.4, -0.2) is 42.5 Å². The molecule has 1 heterocycles. The lowest BCUT2D eigenvalue weighted by molar-refractivity contribution is -0.123. The Bertz CT molecular complexity index is 270. The summed E-state index contributed by atoms with van der Waals surface area (Å²) in [5.74, 6) is 0.648. The van der Waals surface area contributed by atoms with Gasteiger partial charge >= 0.3 is 0 Å². The van der Waals surface area contributed by atoms with Gasteiger partial charge in [-0.05, 0) is 25.7 Å². The molecule has 0 aromatic rings. The predicted octanol–water partition coefficient (Wildman–Crippen LogP) is 1.74. The first kappa shape index (κ1) is 16.4. The van der Waals surface area contributed by atoms with Crippen molar-refractivity contribution in [1.29, 1.82) is 0 Å². The number of carbonyl (C=O) groups excluding carboxylic acids is 1. The minimum atomic E-state index is 0.159. The molecule has 0 bridgehead atoms. The number of piperidine rings is 1. The molecule has 0 aromatic heterocycles. The average molecular weight is 269 g/mol. The van der Waals surface area contributed by atoms with Crippen LogP contribution in [0.3, 0.4) is 0 Å². The van der Waals surface area contributed by atoms with Crippen LogP contribution in [0.15, 0.2) is 0 Å². The minimum Gasteiger partial charge on any atom is -0.353 e. The molecule has 3 unspecified atom stereocenters. The maximum absolute atomic E-state index is 12.0. The van der Waals surface area contributed by atoms with Gasteiger partial charge in [0.2, 0.25) is 5.91 Å². The number of nitrogens with zero attached hydrogens (tertiary/aromatic N) is 1. The summed E-state index contributed by atoms with van der Waals surface area (Å²) in [5.41, 5.74) is 5.99. The summed E-state index contributed by atoms with van der Waals surface area (Å²) < 4.78 is 0. The fourth-order valence-corrected chi connectivity index (χ4v) is 2.69. The minimum absolute atomic E-state index is 0.159. The molecular formula is C15H31N3O. The smallest absolute Gasteiger partial charge is 0.234 e. The Kier molecular flexibility index (Phi) is 7.39. The van der Waals surface area contributed by atoms with E-state index < -0.39 is 0 Å². The third kappa shape index (κ3) is 6.39. The number of carbonyl (C=O) groups is 1. The number of hydrogen-bond acceptors (Lipinski definition) is 3. The van der Waals surface area contributed by atoms with Gasteiger partial charge in [0.25, 0.3) is 0 Å². The molecule has 0 spiro atoms. The monoisotopic (exact) mass is 269 g/mol. The number of nitrogens with one attached hydrogen (secondary N) is 1. The molecule has 19 heavy (non-hydrogen) atoms. The van der Waals surface area contributed by atoms with E-state index in [1.165, 1.54) is 19.3 Å². The van der Waals surface area contributed by atoms with Gasteiger partial charge in [0.05, 0.1) is 6.54 Å². The van der Waals surface area contributed by atoms with Crippen molar-refractivity contribution in [1.82, 2.24) is 10.2 Å². The van der Waals surface area contributed by atoms with Crippen LogP contribution >= 0.6 is 0 Å². The molecule has 4 nitrogen and oxygen atoms in total. The van der Waals surface area contributed by atoms with Gasteiger partial charge in [-0.1, -0.05) is 33.1 Å². The third-order valence-corrected chi connectivity index (χ3v) is 4.07. The lowest BCUT2D eigenvalue weighted by Gasteiger charge is -2.34. The van der Waals surface area contributed by atoms with E-state index in [0.29, 0.717) is 24.5 Å². The van der Waals surface area contributed by atoms with Gasteiger partial charge < -0.3 is 11.1 Å². The molecule has 0 radical (unpaired) electrons. The Hall–Kier alpha value is -0.610. The van der Waals surface area contributed by atoms with Crippen molar-refractivity contribution < 1.29 is 4.79 Å². The summed E-state index contributed by atoms with van der Waals surface area (Å²) in [6.07, 6.45) is 5.77. The van der Waals surface area contributed by atoms with Crippen LogP contribution in [0.5, 0.6) is 0 Å². The Morgan fingerprint density at radius 1 is 1.47 bits per heavy atom. The van der Waals surface area contributed by atoms with Gasteiger partial charge in [0, 0.05) is 25.2 Å². The van der Waals surface area contributed by atoms with Crippen molar-refractivity contribution in [3.05, 3.63) is 0 Å². The summed E-state index contributed by atoms with van der Waals surface area (Å²) in [6, 6.07) is 0.593. The molecular weight excluding hydrogens is 238 g/mol. The normalized spacial score (nSPS) is 26.1. The summed E-state index contributed by atoms with van der Waals surface area (Å²) in [5, 5.41) is 3.10. The van der Waals surface area contributed by atoms with E-state index in [2.05, 4.69) is 31.0 Å². The number of amides is 1. The molecule has 4 heteroatoms. The van der Waals surface area contributed by atoms with Gasteiger partial charge in [-0.15, -0.1) is 0 Å². The molecule has 3 atom stereocenters. The van der Waals surface area contributed by atoms with Crippen LogP contribution in [0.2, 0.25) is 0 Å². The van der Waals surface area contributed by atoms with Crippen molar-refractivity contribution >= 4 is 5.91 Å². The highest BCUT2D eigenvalue weighted by atomic mass is 16.2. The van der Waals surface area contributed by atoms with Crippen LogP contribution in [0.4, 0.5) is 0 Å². The number of hydrogen-bond donors (Lipinski definition) is 2. The SMILES string of the molecule is CCCCCC(C)NC(=O)CN1CCC(N)C(C)C1. The second-order valence-corrected chi connectivity index (χ2v) is 6.13. The Balaban J connectivity index is 2.20. The second-order valence-electron chi connectivity index (χ2n) is 6.13. The molecule has 1 aliphatic rings. The number of unbranched alkanes of at least 4 members (excludes halogenated alkanes) is 2. The molecule has 1 aliphatic heterocycles. The second kappa shape index (κ2) is 8.54. The van der Waals surface area contributed by atoms with Gasteiger partial charge in [-0.25, -0.2) is 0 Å². The van der Waals surface area contributed by atoms with E-state index in [-0.39, 0.29) is 5.91 Å². The van der Waals surface area contributed by atoms with E-state index in [1.807, 2.05) is 0 Å². The molecule has 112 valence electrons. The lowest BCUT2D eigenvalue weighted by atomic mass is 9.95. The molecule has 0 aromatic carbocycles. The Morgan fingerprint density at radius 2 is 2.21 bits per heavy atom. The van der Waals surface area contributed by atoms with Crippen LogP contribution < -0.4 is 11.1 Å². The van der Waals surface area contributed by atoms with Gasteiger partial charge in [-0.2, -0.15) is 0 Å². The molecule has 1 saturated heterocycles. The predicted molar refractivity (Wildman–Crippen MR) is 79.9 cm³/mol. The zero-order chi connectivity index (χ0) is 14.3. The maximum Gasteiger partial charge on any atom is 0.234 e. The zero-order valence-electron chi connectivity index (χ0n) is 12.8. The van der Waals surface area contributed by atoms with Crippen molar-refractivity contribution in [3.63, 3.8) is 0 Å². The molecule has 0 aliphatic carbocycles. The molecule has 1 rings (SSSR count). The first-order valence-corrected chi connectivity index (χ1v) is 7.80. The largest absolute Gasteiger partial charge is 0.353 e. The molecule has 1 amide bonds. The molecule has 0 saturated carbocycles.